The molecule has 0 aliphatic rings. The summed E-state index contributed by atoms with van der Waals surface area (Å²) in [5, 5.41) is 9.87. The number of hydrogen-bond acceptors (Lipinski definition) is 6. The topological polar surface area (TPSA) is 81.3 Å². The Bertz CT molecular complexity index is 1380. The smallest absolute Gasteiger partial charge is 0.269 e. The molecule has 0 N–H and O–H groups in total. The van der Waals surface area contributed by atoms with Crippen molar-refractivity contribution in [1.29, 1.82) is 5.26 Å². The third-order valence-electron chi connectivity index (χ3n) is 5.03. The first kappa shape index (κ1) is 24.0. The Balaban J connectivity index is 2.28. The van der Waals surface area contributed by atoms with Crippen LogP contribution in [0, 0.1) is 16.7 Å². The standard InChI is InChI=1S/C26H26N2O4S/c1-26(2,3)23(29)21(15-27)25-28(16-17-9-11-19(31-4)12-10-17)24(30)22(33-25)14-18-7-6-8-20(13-18)32-5/h6-14H,16H2,1-5H3. The van der Waals surface area contributed by atoms with Gasteiger partial charge in [-0.3, -0.25) is 14.2 Å². The van der Waals surface area contributed by atoms with Crippen LogP contribution in [-0.2, 0) is 11.3 Å². The number of ether oxygens (including phenoxy) is 2. The van der Waals surface area contributed by atoms with Crippen LogP contribution in [0.5, 0.6) is 11.5 Å². The minimum absolute atomic E-state index is 0.0107. The van der Waals surface area contributed by atoms with E-state index in [1.165, 1.54) is 4.57 Å². The molecule has 7 heteroatoms. The zero-order chi connectivity index (χ0) is 24.2. The summed E-state index contributed by atoms with van der Waals surface area (Å²) in [4.78, 5) is 26.5. The molecule has 2 aromatic carbocycles. The lowest BCUT2D eigenvalue weighted by Gasteiger charge is -2.15. The second-order valence-corrected chi connectivity index (χ2v) is 9.53. The molecule has 0 aliphatic carbocycles. The normalized spacial score (nSPS) is 12.8. The van der Waals surface area contributed by atoms with Crippen LogP contribution in [0.3, 0.4) is 0 Å². The molecule has 3 rings (SSSR count). The van der Waals surface area contributed by atoms with Gasteiger partial charge in [0.05, 0.1) is 25.3 Å². The van der Waals surface area contributed by atoms with Gasteiger partial charge in [-0.15, -0.1) is 11.3 Å². The lowest BCUT2D eigenvalue weighted by Crippen LogP contribution is -2.34. The summed E-state index contributed by atoms with van der Waals surface area (Å²) < 4.78 is 12.8. The van der Waals surface area contributed by atoms with Crippen molar-refractivity contribution < 1.29 is 14.3 Å². The van der Waals surface area contributed by atoms with Gasteiger partial charge in [-0.25, -0.2) is 0 Å². The van der Waals surface area contributed by atoms with E-state index in [1.807, 2.05) is 48.5 Å². The van der Waals surface area contributed by atoms with Crippen LogP contribution in [0.4, 0.5) is 0 Å². The molecule has 0 aliphatic heterocycles. The number of Topliss-reactive ketones (excluding diaryl/α,β-unsaturated/α-hetero) is 1. The minimum Gasteiger partial charge on any atom is -0.497 e. The van der Waals surface area contributed by atoms with Crippen molar-refractivity contribution in [3.05, 3.63) is 79.2 Å². The molecule has 0 bridgehead atoms. The van der Waals surface area contributed by atoms with Gasteiger partial charge in [-0.1, -0.05) is 45.0 Å². The third kappa shape index (κ3) is 5.41. The van der Waals surface area contributed by atoms with Crippen LogP contribution in [0.15, 0.2) is 53.3 Å². The molecule has 1 heterocycles. The lowest BCUT2D eigenvalue weighted by atomic mass is 9.87. The molecule has 0 unspecified atom stereocenters. The van der Waals surface area contributed by atoms with E-state index in [-0.39, 0.29) is 23.5 Å². The highest BCUT2D eigenvalue weighted by atomic mass is 32.1. The maximum Gasteiger partial charge on any atom is 0.269 e. The van der Waals surface area contributed by atoms with Crippen LogP contribution in [0.1, 0.15) is 31.9 Å². The zero-order valence-corrected chi connectivity index (χ0v) is 20.2. The molecule has 1 aromatic heterocycles. The number of nitrogens with zero attached hydrogens (tertiary/aromatic N) is 2. The number of carbonyl (C=O) groups is 1. The Morgan fingerprint density at radius 1 is 1.09 bits per heavy atom. The quantitative estimate of drug-likeness (QED) is 0.562. The van der Waals surface area contributed by atoms with Gasteiger partial charge in [-0.05, 0) is 41.5 Å². The van der Waals surface area contributed by atoms with E-state index in [9.17, 15) is 14.9 Å². The molecular weight excluding hydrogens is 436 g/mol. The number of methoxy groups -OCH3 is 2. The minimum atomic E-state index is -0.757. The van der Waals surface area contributed by atoms with E-state index in [4.69, 9.17) is 9.47 Å². The van der Waals surface area contributed by atoms with Gasteiger partial charge < -0.3 is 9.47 Å². The van der Waals surface area contributed by atoms with Crippen molar-refractivity contribution in [2.75, 3.05) is 14.2 Å². The monoisotopic (exact) mass is 462 g/mol. The highest BCUT2D eigenvalue weighted by Crippen LogP contribution is 2.20. The van der Waals surface area contributed by atoms with Crippen LogP contribution < -0.4 is 24.2 Å². The van der Waals surface area contributed by atoms with Gasteiger partial charge in [0.1, 0.15) is 27.8 Å². The SMILES string of the molecule is COc1ccc(Cn2c(=C(C#N)C(=O)C(C)(C)C)sc(=Cc3cccc(OC)c3)c2=O)cc1. The Kier molecular flexibility index (Phi) is 7.19. The van der Waals surface area contributed by atoms with Gasteiger partial charge >= 0.3 is 0 Å². The highest BCUT2D eigenvalue weighted by Gasteiger charge is 2.27. The Morgan fingerprint density at radius 2 is 1.76 bits per heavy atom. The molecule has 0 spiro atoms. The zero-order valence-electron chi connectivity index (χ0n) is 19.3. The summed E-state index contributed by atoms with van der Waals surface area (Å²) in [6.07, 6.45) is 1.75. The maximum absolute atomic E-state index is 13.4. The van der Waals surface area contributed by atoms with Gasteiger partial charge in [0, 0.05) is 5.41 Å². The van der Waals surface area contributed by atoms with Gasteiger partial charge in [0.2, 0.25) is 0 Å². The summed E-state index contributed by atoms with van der Waals surface area (Å²) in [5.41, 5.74) is 0.612. The number of benzene rings is 2. The Morgan fingerprint density at radius 3 is 2.33 bits per heavy atom. The third-order valence-corrected chi connectivity index (χ3v) is 6.16. The van der Waals surface area contributed by atoms with Crippen molar-refractivity contribution in [3.63, 3.8) is 0 Å². The molecule has 0 saturated carbocycles. The predicted octanol–water partition coefficient (Wildman–Crippen LogP) is 3.09. The molecule has 6 nitrogen and oxygen atoms in total. The molecule has 0 radical (unpaired) electrons. The number of carbonyl (C=O) groups excluding carboxylic acids is 1. The second kappa shape index (κ2) is 9.88. The number of rotatable bonds is 6. The van der Waals surface area contributed by atoms with E-state index >= 15 is 0 Å². The molecule has 3 aromatic rings. The van der Waals surface area contributed by atoms with Gasteiger partial charge in [0.25, 0.3) is 5.56 Å². The summed E-state index contributed by atoms with van der Waals surface area (Å²) in [6, 6.07) is 16.7. The van der Waals surface area contributed by atoms with Crippen LogP contribution in [0.2, 0.25) is 0 Å². The molecule has 170 valence electrons. The highest BCUT2D eigenvalue weighted by molar-refractivity contribution is 7.07. The first-order chi connectivity index (χ1) is 15.7. The van der Waals surface area contributed by atoms with Crippen LogP contribution >= 0.6 is 11.3 Å². The van der Waals surface area contributed by atoms with Gasteiger partial charge in [0.15, 0.2) is 5.78 Å². The van der Waals surface area contributed by atoms with Crippen molar-refractivity contribution in [2.45, 2.75) is 27.3 Å². The Labute approximate surface area is 196 Å². The fourth-order valence-corrected chi connectivity index (χ4v) is 4.31. The maximum atomic E-state index is 13.4. The second-order valence-electron chi connectivity index (χ2n) is 8.50. The van der Waals surface area contributed by atoms with E-state index in [1.54, 1.807) is 41.1 Å². The first-order valence-corrected chi connectivity index (χ1v) is 11.2. The van der Waals surface area contributed by atoms with Gasteiger partial charge in [-0.2, -0.15) is 5.26 Å². The number of thiazole rings is 1. The van der Waals surface area contributed by atoms with Crippen molar-refractivity contribution in [3.8, 4) is 17.6 Å². The molecular formula is C26H26N2O4S. The fraction of sp³-hybridized carbons (Fsp3) is 0.269. The van der Waals surface area contributed by atoms with Crippen molar-refractivity contribution in [1.82, 2.24) is 4.57 Å². The van der Waals surface area contributed by atoms with E-state index < -0.39 is 5.41 Å². The average Bonchev–Trinajstić information content (AvgIpc) is 3.09. The summed E-state index contributed by atoms with van der Waals surface area (Å²) >= 11 is 1.15. The number of hydrogen-bond donors (Lipinski definition) is 0. The molecule has 0 amide bonds. The molecule has 33 heavy (non-hydrogen) atoms. The van der Waals surface area contributed by atoms with E-state index in [0.717, 1.165) is 22.5 Å². The van der Waals surface area contributed by atoms with Crippen LogP contribution in [0.25, 0.3) is 11.6 Å². The molecule has 0 atom stereocenters. The first-order valence-electron chi connectivity index (χ1n) is 10.4. The lowest BCUT2D eigenvalue weighted by molar-refractivity contribution is -0.120. The van der Waals surface area contributed by atoms with E-state index in [2.05, 4.69) is 6.07 Å². The van der Waals surface area contributed by atoms with Crippen LogP contribution in [-0.4, -0.2) is 24.6 Å². The predicted molar refractivity (Wildman–Crippen MR) is 130 cm³/mol. The van der Waals surface area contributed by atoms with Crippen molar-refractivity contribution >= 4 is 28.8 Å². The number of aromatic nitrogens is 1. The number of nitriles is 1. The Hall–Kier alpha value is -3.63. The fourth-order valence-electron chi connectivity index (χ4n) is 3.22. The summed E-state index contributed by atoms with van der Waals surface area (Å²) in [7, 11) is 3.17. The average molecular weight is 463 g/mol. The molecule has 0 saturated heterocycles. The van der Waals surface area contributed by atoms with Crippen molar-refractivity contribution in [2.24, 2.45) is 5.41 Å². The summed E-state index contributed by atoms with van der Waals surface area (Å²) in [6.45, 7) is 5.50. The number of ketones is 1. The largest absolute Gasteiger partial charge is 0.497 e. The summed E-state index contributed by atoms with van der Waals surface area (Å²) in [5.74, 6) is 1.07. The molecule has 0 fully saturated rings. The van der Waals surface area contributed by atoms with E-state index in [0.29, 0.717) is 20.7 Å².